The van der Waals surface area contributed by atoms with Crippen molar-refractivity contribution in [1.29, 1.82) is 0 Å². The highest BCUT2D eigenvalue weighted by molar-refractivity contribution is 7.85. The maximum atomic E-state index is 12.7. The van der Waals surface area contributed by atoms with Gasteiger partial charge in [-0.3, -0.25) is 4.21 Å². The summed E-state index contributed by atoms with van der Waals surface area (Å²) in [5.74, 6) is -0.234. The Morgan fingerprint density at radius 3 is 2.86 bits per heavy atom. The number of aliphatic hydroxyl groups is 1. The minimum Gasteiger partial charge on any atom is -0.392 e. The predicted molar refractivity (Wildman–Crippen MR) is 54.0 cm³/mol. The van der Waals surface area contributed by atoms with E-state index >= 15 is 0 Å². The standard InChI is InChI=1S/C10H13FO2S/c1-2-9(12)7-14(13)10-5-3-4-8(11)6-10/h3-6,9,12H,2,7H2,1H3. The van der Waals surface area contributed by atoms with Gasteiger partial charge in [0.05, 0.1) is 22.7 Å². The molecule has 1 aromatic carbocycles. The Labute approximate surface area is 85.2 Å². The third-order valence-electron chi connectivity index (χ3n) is 1.87. The lowest BCUT2D eigenvalue weighted by atomic mass is 10.3. The van der Waals surface area contributed by atoms with E-state index in [2.05, 4.69) is 0 Å². The summed E-state index contributed by atoms with van der Waals surface area (Å²) in [4.78, 5) is 0.428. The first-order valence-corrected chi connectivity index (χ1v) is 5.77. The van der Waals surface area contributed by atoms with E-state index in [9.17, 15) is 13.7 Å². The van der Waals surface area contributed by atoms with Crippen molar-refractivity contribution >= 4 is 10.8 Å². The van der Waals surface area contributed by atoms with Crippen molar-refractivity contribution in [3.8, 4) is 0 Å². The third-order valence-corrected chi connectivity index (χ3v) is 3.34. The smallest absolute Gasteiger partial charge is 0.124 e. The Morgan fingerprint density at radius 2 is 2.29 bits per heavy atom. The number of hydrogen-bond donors (Lipinski definition) is 1. The van der Waals surface area contributed by atoms with Gasteiger partial charge in [0, 0.05) is 4.90 Å². The molecule has 1 N–H and O–H groups in total. The summed E-state index contributed by atoms with van der Waals surface area (Å²) in [6.45, 7) is 1.81. The van der Waals surface area contributed by atoms with Crippen molar-refractivity contribution in [2.45, 2.75) is 24.3 Å². The maximum absolute atomic E-state index is 12.7. The average molecular weight is 216 g/mol. The maximum Gasteiger partial charge on any atom is 0.124 e. The van der Waals surface area contributed by atoms with E-state index in [0.717, 1.165) is 0 Å². The Bertz CT molecular complexity index is 328. The molecule has 78 valence electrons. The molecule has 0 saturated carbocycles. The molecule has 14 heavy (non-hydrogen) atoms. The summed E-state index contributed by atoms with van der Waals surface area (Å²) < 4.78 is 24.3. The lowest BCUT2D eigenvalue weighted by molar-refractivity contribution is 0.194. The molecular formula is C10H13FO2S. The summed E-state index contributed by atoms with van der Waals surface area (Å²) in [5, 5.41) is 9.27. The zero-order chi connectivity index (χ0) is 10.6. The largest absolute Gasteiger partial charge is 0.392 e. The molecule has 0 amide bonds. The lowest BCUT2D eigenvalue weighted by Gasteiger charge is -2.07. The van der Waals surface area contributed by atoms with Crippen LogP contribution in [0.15, 0.2) is 29.2 Å². The molecule has 2 atom stereocenters. The molecule has 1 rings (SSSR count). The van der Waals surface area contributed by atoms with Gasteiger partial charge in [0.2, 0.25) is 0 Å². The van der Waals surface area contributed by atoms with E-state index in [4.69, 9.17) is 0 Å². The van der Waals surface area contributed by atoms with Gasteiger partial charge in [-0.25, -0.2) is 4.39 Å². The zero-order valence-electron chi connectivity index (χ0n) is 7.94. The lowest BCUT2D eigenvalue weighted by Crippen LogP contribution is -2.15. The fraction of sp³-hybridized carbons (Fsp3) is 0.400. The summed E-state index contributed by atoms with van der Waals surface area (Å²) >= 11 is 0. The van der Waals surface area contributed by atoms with Gasteiger partial charge >= 0.3 is 0 Å². The molecule has 0 heterocycles. The number of aliphatic hydroxyl groups excluding tert-OH is 1. The van der Waals surface area contributed by atoms with Crippen LogP contribution in [0.2, 0.25) is 0 Å². The van der Waals surface area contributed by atoms with Crippen molar-refractivity contribution in [3.05, 3.63) is 30.1 Å². The van der Waals surface area contributed by atoms with E-state index in [1.54, 1.807) is 6.07 Å². The molecule has 0 fully saturated rings. The average Bonchev–Trinajstić information content (AvgIpc) is 2.17. The minimum absolute atomic E-state index is 0.167. The molecule has 2 unspecified atom stereocenters. The van der Waals surface area contributed by atoms with Crippen LogP contribution in [0.5, 0.6) is 0 Å². The zero-order valence-corrected chi connectivity index (χ0v) is 8.76. The van der Waals surface area contributed by atoms with E-state index < -0.39 is 22.7 Å². The van der Waals surface area contributed by atoms with Crippen molar-refractivity contribution in [1.82, 2.24) is 0 Å². The van der Waals surface area contributed by atoms with Gasteiger partial charge in [0.1, 0.15) is 5.82 Å². The first-order valence-electron chi connectivity index (χ1n) is 4.45. The molecule has 0 saturated heterocycles. The van der Waals surface area contributed by atoms with Crippen molar-refractivity contribution in [3.63, 3.8) is 0 Å². The first kappa shape index (κ1) is 11.3. The van der Waals surface area contributed by atoms with Crippen molar-refractivity contribution in [2.75, 3.05) is 5.75 Å². The van der Waals surface area contributed by atoms with Gasteiger partial charge in [-0.05, 0) is 24.6 Å². The van der Waals surface area contributed by atoms with E-state index in [1.807, 2.05) is 6.92 Å². The van der Waals surface area contributed by atoms with Crippen LogP contribution in [0.1, 0.15) is 13.3 Å². The van der Waals surface area contributed by atoms with Gasteiger partial charge in [-0.1, -0.05) is 13.0 Å². The molecule has 0 bridgehead atoms. The Hall–Kier alpha value is -0.740. The summed E-state index contributed by atoms with van der Waals surface area (Å²) in [6.07, 6.45) is -0.0276. The highest BCUT2D eigenvalue weighted by Crippen LogP contribution is 2.10. The van der Waals surface area contributed by atoms with Gasteiger partial charge < -0.3 is 5.11 Å². The topological polar surface area (TPSA) is 37.3 Å². The highest BCUT2D eigenvalue weighted by atomic mass is 32.2. The fourth-order valence-corrected chi connectivity index (χ4v) is 2.25. The van der Waals surface area contributed by atoms with Crippen LogP contribution in [-0.4, -0.2) is 21.2 Å². The second-order valence-electron chi connectivity index (χ2n) is 3.03. The summed E-state index contributed by atoms with van der Waals surface area (Å²) in [7, 11) is -1.31. The van der Waals surface area contributed by atoms with Gasteiger partial charge in [0.15, 0.2) is 0 Å². The van der Waals surface area contributed by atoms with E-state index in [0.29, 0.717) is 11.3 Å². The quantitative estimate of drug-likeness (QED) is 0.831. The molecule has 0 aliphatic heterocycles. The van der Waals surface area contributed by atoms with Gasteiger partial charge in [-0.2, -0.15) is 0 Å². The third kappa shape index (κ3) is 3.20. The normalized spacial score (nSPS) is 15.1. The Balaban J connectivity index is 2.70. The Kier molecular flexibility index (Phi) is 4.22. The molecular weight excluding hydrogens is 203 g/mol. The van der Waals surface area contributed by atoms with Gasteiger partial charge in [-0.15, -0.1) is 0 Å². The van der Waals surface area contributed by atoms with Crippen LogP contribution in [0, 0.1) is 5.82 Å². The van der Waals surface area contributed by atoms with Gasteiger partial charge in [0.25, 0.3) is 0 Å². The monoisotopic (exact) mass is 216 g/mol. The summed E-state index contributed by atoms with van der Waals surface area (Å²) in [6, 6.07) is 5.65. The molecule has 2 nitrogen and oxygen atoms in total. The molecule has 1 aromatic rings. The highest BCUT2D eigenvalue weighted by Gasteiger charge is 2.09. The molecule has 0 radical (unpaired) electrons. The molecule has 0 aliphatic rings. The SMILES string of the molecule is CCC(O)CS(=O)c1cccc(F)c1. The van der Waals surface area contributed by atoms with E-state index in [-0.39, 0.29) is 5.75 Å². The second-order valence-corrected chi connectivity index (χ2v) is 4.53. The number of rotatable bonds is 4. The van der Waals surface area contributed by atoms with Crippen molar-refractivity contribution in [2.24, 2.45) is 0 Å². The second kappa shape index (κ2) is 5.22. The van der Waals surface area contributed by atoms with Crippen molar-refractivity contribution < 1.29 is 13.7 Å². The van der Waals surface area contributed by atoms with Crippen LogP contribution in [-0.2, 0) is 10.8 Å². The van der Waals surface area contributed by atoms with Crippen LogP contribution >= 0.6 is 0 Å². The molecule has 4 heteroatoms. The summed E-state index contributed by atoms with van der Waals surface area (Å²) in [5.41, 5.74) is 0. The number of halogens is 1. The van der Waals surface area contributed by atoms with Crippen LogP contribution in [0.4, 0.5) is 4.39 Å². The predicted octanol–water partition coefficient (Wildman–Crippen LogP) is 1.70. The minimum atomic E-state index is -1.31. The molecule has 0 aromatic heterocycles. The fourth-order valence-electron chi connectivity index (χ4n) is 0.997. The van der Waals surface area contributed by atoms with Crippen LogP contribution in [0.3, 0.4) is 0 Å². The van der Waals surface area contributed by atoms with Crippen LogP contribution in [0.25, 0.3) is 0 Å². The first-order chi connectivity index (χ1) is 6.63. The molecule has 0 spiro atoms. The van der Waals surface area contributed by atoms with Crippen LogP contribution < -0.4 is 0 Å². The number of benzene rings is 1. The molecule has 0 aliphatic carbocycles. The Morgan fingerprint density at radius 1 is 1.57 bits per heavy atom. The number of hydrogen-bond acceptors (Lipinski definition) is 2. The van der Waals surface area contributed by atoms with E-state index in [1.165, 1.54) is 18.2 Å².